The molecular weight excluding hydrogens is 214 g/mol. The molecule has 0 bridgehead atoms. The van der Waals surface area contributed by atoms with Crippen LogP contribution in [0.5, 0.6) is 0 Å². The van der Waals surface area contributed by atoms with Crippen molar-refractivity contribution in [3.05, 3.63) is 28.0 Å². The van der Waals surface area contributed by atoms with E-state index in [4.69, 9.17) is 0 Å². The van der Waals surface area contributed by atoms with Crippen LogP contribution in [0.4, 0.5) is 0 Å². The second-order valence-electron chi connectivity index (χ2n) is 2.90. The topological polar surface area (TPSA) is 83.6 Å². The van der Waals surface area contributed by atoms with Gasteiger partial charge in [-0.05, 0) is 6.92 Å². The average Bonchev–Trinajstić information content (AvgIpc) is 2.85. The molecule has 2 heterocycles. The van der Waals surface area contributed by atoms with Crippen molar-refractivity contribution in [2.45, 2.75) is 13.5 Å². The van der Waals surface area contributed by atoms with Crippen molar-refractivity contribution in [2.24, 2.45) is 0 Å². The lowest BCUT2D eigenvalue weighted by molar-refractivity contribution is 0.0946. The molecule has 2 N–H and O–H groups in total. The zero-order valence-electron chi connectivity index (χ0n) is 8.02. The number of aromatic nitrogens is 4. The van der Waals surface area contributed by atoms with Gasteiger partial charge in [-0.15, -0.1) is 11.3 Å². The third kappa shape index (κ3) is 2.18. The molecule has 0 aliphatic rings. The van der Waals surface area contributed by atoms with E-state index < -0.39 is 0 Å². The van der Waals surface area contributed by atoms with Crippen molar-refractivity contribution in [2.75, 3.05) is 0 Å². The molecule has 0 fully saturated rings. The first-order valence-corrected chi connectivity index (χ1v) is 5.18. The largest absolute Gasteiger partial charge is 0.346 e. The minimum atomic E-state index is -0.239. The standard InChI is InChI=1S/C8H9N5OS/c1-5-7(15-4-10-5)3-9-8(14)6-2-11-13-12-6/h2,4H,3H2,1H3,(H,9,14)(H,11,12,13). The number of nitrogens with one attached hydrogen (secondary N) is 2. The quantitative estimate of drug-likeness (QED) is 0.793. The lowest BCUT2D eigenvalue weighted by atomic mass is 10.3. The van der Waals surface area contributed by atoms with Crippen LogP contribution in [0.3, 0.4) is 0 Å². The van der Waals surface area contributed by atoms with E-state index in [1.54, 1.807) is 5.51 Å². The molecule has 0 aliphatic heterocycles. The van der Waals surface area contributed by atoms with Crippen molar-refractivity contribution in [3.8, 4) is 0 Å². The van der Waals surface area contributed by atoms with Gasteiger partial charge in [0.25, 0.3) is 5.91 Å². The van der Waals surface area contributed by atoms with Gasteiger partial charge in [-0.3, -0.25) is 4.79 Å². The molecule has 78 valence electrons. The Balaban J connectivity index is 1.95. The highest BCUT2D eigenvalue weighted by atomic mass is 32.1. The van der Waals surface area contributed by atoms with E-state index in [9.17, 15) is 4.79 Å². The van der Waals surface area contributed by atoms with Crippen molar-refractivity contribution in [1.82, 2.24) is 25.7 Å². The van der Waals surface area contributed by atoms with Gasteiger partial charge in [0.05, 0.1) is 23.9 Å². The summed E-state index contributed by atoms with van der Waals surface area (Å²) >= 11 is 1.52. The number of thiazole rings is 1. The molecular formula is C8H9N5OS. The lowest BCUT2D eigenvalue weighted by Crippen LogP contribution is -2.23. The van der Waals surface area contributed by atoms with E-state index in [1.807, 2.05) is 6.92 Å². The van der Waals surface area contributed by atoms with Crippen molar-refractivity contribution < 1.29 is 4.79 Å². The number of carbonyl (C=O) groups excluding carboxylic acids is 1. The molecule has 0 radical (unpaired) electrons. The monoisotopic (exact) mass is 223 g/mol. The van der Waals surface area contributed by atoms with Gasteiger partial charge in [0.15, 0.2) is 5.69 Å². The SMILES string of the molecule is Cc1ncsc1CNC(=O)c1cn[nH]n1. The van der Waals surface area contributed by atoms with Gasteiger partial charge in [-0.25, -0.2) is 4.98 Å². The summed E-state index contributed by atoms with van der Waals surface area (Å²) in [5.74, 6) is -0.239. The molecule has 0 saturated heterocycles. The minimum Gasteiger partial charge on any atom is -0.346 e. The molecule has 1 amide bonds. The number of hydrogen-bond acceptors (Lipinski definition) is 5. The summed E-state index contributed by atoms with van der Waals surface area (Å²) < 4.78 is 0. The molecule has 2 rings (SSSR count). The third-order valence-electron chi connectivity index (χ3n) is 1.90. The molecule has 0 aliphatic carbocycles. The number of aromatic amines is 1. The van der Waals surface area contributed by atoms with E-state index in [1.165, 1.54) is 17.5 Å². The molecule has 0 unspecified atom stereocenters. The van der Waals surface area contributed by atoms with Gasteiger partial charge in [0.1, 0.15) is 0 Å². The highest BCUT2D eigenvalue weighted by Crippen LogP contribution is 2.11. The molecule has 2 aromatic rings. The van der Waals surface area contributed by atoms with E-state index in [0.29, 0.717) is 6.54 Å². The van der Waals surface area contributed by atoms with E-state index >= 15 is 0 Å². The molecule has 0 atom stereocenters. The van der Waals surface area contributed by atoms with E-state index in [0.717, 1.165) is 10.6 Å². The smallest absolute Gasteiger partial charge is 0.273 e. The lowest BCUT2D eigenvalue weighted by Gasteiger charge is -2.00. The predicted octanol–water partition coefficient (Wildman–Crippen LogP) is 0.500. The Hall–Kier alpha value is -1.76. The summed E-state index contributed by atoms with van der Waals surface area (Å²) in [5.41, 5.74) is 2.99. The Morgan fingerprint density at radius 1 is 1.67 bits per heavy atom. The number of aryl methyl sites for hydroxylation is 1. The second kappa shape index (κ2) is 4.18. The molecule has 7 heteroatoms. The highest BCUT2D eigenvalue weighted by Gasteiger charge is 2.09. The predicted molar refractivity (Wildman–Crippen MR) is 54.4 cm³/mol. The van der Waals surface area contributed by atoms with Gasteiger partial charge in [-0.1, -0.05) is 0 Å². The molecule has 15 heavy (non-hydrogen) atoms. The van der Waals surface area contributed by atoms with E-state index in [-0.39, 0.29) is 11.6 Å². The summed E-state index contributed by atoms with van der Waals surface area (Å²) in [6, 6.07) is 0. The fraction of sp³-hybridized carbons (Fsp3) is 0.250. The summed E-state index contributed by atoms with van der Waals surface area (Å²) in [6.45, 7) is 2.39. The summed E-state index contributed by atoms with van der Waals surface area (Å²) in [6.07, 6.45) is 1.38. The number of nitrogens with zero attached hydrogens (tertiary/aromatic N) is 3. The Bertz CT molecular complexity index is 449. The second-order valence-corrected chi connectivity index (χ2v) is 3.84. The molecule has 0 spiro atoms. The zero-order valence-corrected chi connectivity index (χ0v) is 8.84. The summed E-state index contributed by atoms with van der Waals surface area (Å²) in [4.78, 5) is 16.6. The maximum atomic E-state index is 11.5. The number of rotatable bonds is 3. The van der Waals surface area contributed by atoms with Gasteiger partial charge in [0.2, 0.25) is 0 Å². The number of H-pyrrole nitrogens is 1. The molecule has 2 aromatic heterocycles. The van der Waals surface area contributed by atoms with Gasteiger partial charge in [0, 0.05) is 4.88 Å². The maximum Gasteiger partial charge on any atom is 0.273 e. The average molecular weight is 223 g/mol. The Kier molecular flexibility index (Phi) is 2.72. The van der Waals surface area contributed by atoms with Crippen LogP contribution in [0.2, 0.25) is 0 Å². The van der Waals surface area contributed by atoms with Crippen molar-refractivity contribution >= 4 is 17.2 Å². The third-order valence-corrected chi connectivity index (χ3v) is 2.84. The number of hydrogen-bond donors (Lipinski definition) is 2. The molecule has 0 saturated carbocycles. The fourth-order valence-electron chi connectivity index (χ4n) is 1.06. The Morgan fingerprint density at radius 2 is 2.53 bits per heavy atom. The van der Waals surface area contributed by atoms with E-state index in [2.05, 4.69) is 25.7 Å². The van der Waals surface area contributed by atoms with Crippen LogP contribution < -0.4 is 5.32 Å². The highest BCUT2D eigenvalue weighted by molar-refractivity contribution is 7.09. The molecule has 0 aromatic carbocycles. The summed E-state index contributed by atoms with van der Waals surface area (Å²) in [7, 11) is 0. The van der Waals surface area contributed by atoms with Crippen LogP contribution in [-0.4, -0.2) is 26.3 Å². The summed E-state index contributed by atoms with van der Waals surface area (Å²) in [5, 5.41) is 12.4. The minimum absolute atomic E-state index is 0.239. The first kappa shape index (κ1) is 9.78. The number of carbonyl (C=O) groups is 1. The van der Waals surface area contributed by atoms with Crippen molar-refractivity contribution in [3.63, 3.8) is 0 Å². The maximum absolute atomic E-state index is 11.5. The first-order chi connectivity index (χ1) is 7.27. The molecule has 6 nitrogen and oxygen atoms in total. The Labute approximate surface area is 89.7 Å². The van der Waals surface area contributed by atoms with Crippen molar-refractivity contribution in [1.29, 1.82) is 0 Å². The normalized spacial score (nSPS) is 10.2. The van der Waals surface area contributed by atoms with Crippen LogP contribution in [0.15, 0.2) is 11.7 Å². The fourth-order valence-corrected chi connectivity index (χ4v) is 1.77. The van der Waals surface area contributed by atoms with Crippen LogP contribution in [0, 0.1) is 6.92 Å². The Morgan fingerprint density at radius 3 is 3.13 bits per heavy atom. The van der Waals surface area contributed by atoms with Gasteiger partial charge < -0.3 is 5.32 Å². The van der Waals surface area contributed by atoms with Crippen LogP contribution in [0.1, 0.15) is 21.1 Å². The van der Waals surface area contributed by atoms with Crippen LogP contribution >= 0.6 is 11.3 Å². The van der Waals surface area contributed by atoms with Gasteiger partial charge in [-0.2, -0.15) is 15.4 Å². The van der Waals surface area contributed by atoms with Crippen LogP contribution in [-0.2, 0) is 6.54 Å². The first-order valence-electron chi connectivity index (χ1n) is 4.30. The number of amides is 1. The van der Waals surface area contributed by atoms with Crippen LogP contribution in [0.25, 0.3) is 0 Å². The van der Waals surface area contributed by atoms with Gasteiger partial charge >= 0.3 is 0 Å². The zero-order chi connectivity index (χ0) is 10.7.